The molecule has 1 saturated carbocycles. The smallest absolute Gasteiger partial charge is 0.0858 e. The van der Waals surface area contributed by atoms with Gasteiger partial charge in [0.15, 0.2) is 0 Å². The number of aliphatic hydroxyl groups is 1. The van der Waals surface area contributed by atoms with E-state index in [-0.39, 0.29) is 23.7 Å². The molecule has 0 radical (unpaired) electrons. The summed E-state index contributed by atoms with van der Waals surface area (Å²) in [5, 5.41) is 9.18. The number of ether oxygens (including phenoxy) is 2. The summed E-state index contributed by atoms with van der Waals surface area (Å²) in [7, 11) is 0. The van der Waals surface area contributed by atoms with Crippen molar-refractivity contribution in [3.05, 3.63) is 35.9 Å². The van der Waals surface area contributed by atoms with Gasteiger partial charge in [-0.15, -0.1) is 0 Å². The number of rotatable bonds is 6. The first kappa shape index (κ1) is 19.9. The first-order chi connectivity index (χ1) is 12.4. The minimum absolute atomic E-state index is 0.00992. The third kappa shape index (κ3) is 3.85. The summed E-state index contributed by atoms with van der Waals surface area (Å²) in [4.78, 5) is 0. The van der Waals surface area contributed by atoms with Gasteiger partial charge >= 0.3 is 0 Å². The summed E-state index contributed by atoms with van der Waals surface area (Å²) in [5.41, 5.74) is 1.40. The van der Waals surface area contributed by atoms with Crippen molar-refractivity contribution in [1.29, 1.82) is 0 Å². The lowest BCUT2D eigenvalue weighted by molar-refractivity contribution is -0.221. The summed E-state index contributed by atoms with van der Waals surface area (Å²) >= 11 is 0. The van der Waals surface area contributed by atoms with E-state index in [0.717, 1.165) is 19.3 Å². The normalized spacial score (nSPS) is 34.9. The summed E-state index contributed by atoms with van der Waals surface area (Å²) in [6, 6.07) is 10.6. The van der Waals surface area contributed by atoms with Crippen LogP contribution in [0.15, 0.2) is 30.3 Å². The Morgan fingerprint density at radius 3 is 2.58 bits per heavy atom. The van der Waals surface area contributed by atoms with Gasteiger partial charge in [-0.3, -0.25) is 0 Å². The molecule has 1 heterocycles. The molecule has 3 rings (SSSR count). The van der Waals surface area contributed by atoms with Gasteiger partial charge in [0.2, 0.25) is 0 Å². The van der Waals surface area contributed by atoms with E-state index in [2.05, 4.69) is 58.0 Å². The second-order valence-electron chi connectivity index (χ2n) is 9.12. The Labute approximate surface area is 159 Å². The molecule has 26 heavy (non-hydrogen) atoms. The zero-order chi connectivity index (χ0) is 18.8. The number of hydrogen-bond acceptors (Lipinski definition) is 3. The Bertz CT molecular complexity index is 570. The molecule has 0 bridgehead atoms. The van der Waals surface area contributed by atoms with Crippen LogP contribution < -0.4 is 0 Å². The maximum Gasteiger partial charge on any atom is 0.0858 e. The third-order valence-electron chi connectivity index (χ3n) is 6.97. The Balaban J connectivity index is 1.87. The molecule has 1 saturated heterocycles. The molecule has 1 aromatic carbocycles. The van der Waals surface area contributed by atoms with E-state index in [9.17, 15) is 5.11 Å². The van der Waals surface area contributed by atoms with Gasteiger partial charge in [-0.25, -0.2) is 0 Å². The van der Waals surface area contributed by atoms with Crippen LogP contribution in [-0.4, -0.2) is 30.0 Å². The predicted octanol–water partition coefficient (Wildman–Crippen LogP) is 5.14. The van der Waals surface area contributed by atoms with Crippen molar-refractivity contribution in [3.63, 3.8) is 0 Å². The minimum Gasteiger partial charge on any atom is -0.396 e. The summed E-state index contributed by atoms with van der Waals surface area (Å²) in [5.74, 6) is 1.01. The molecule has 5 unspecified atom stereocenters. The van der Waals surface area contributed by atoms with Crippen molar-refractivity contribution in [2.75, 3.05) is 13.2 Å². The molecule has 1 aromatic rings. The molecule has 0 spiro atoms. The van der Waals surface area contributed by atoms with Gasteiger partial charge in [0, 0.05) is 13.2 Å². The lowest BCUT2D eigenvalue weighted by atomic mass is 9.53. The van der Waals surface area contributed by atoms with Crippen molar-refractivity contribution in [2.24, 2.45) is 17.3 Å². The van der Waals surface area contributed by atoms with Gasteiger partial charge in [-0.1, -0.05) is 44.2 Å². The van der Waals surface area contributed by atoms with Crippen LogP contribution in [0.1, 0.15) is 71.5 Å². The van der Waals surface area contributed by atoms with E-state index in [1.807, 2.05) is 0 Å². The van der Waals surface area contributed by atoms with Crippen LogP contribution in [-0.2, 0) is 9.47 Å². The zero-order valence-electron chi connectivity index (χ0n) is 16.9. The van der Waals surface area contributed by atoms with Crippen molar-refractivity contribution in [3.8, 4) is 0 Å². The maximum absolute atomic E-state index is 9.18. The van der Waals surface area contributed by atoms with E-state index in [4.69, 9.17) is 9.47 Å². The average molecular weight is 361 g/mol. The van der Waals surface area contributed by atoms with Gasteiger partial charge in [0.25, 0.3) is 0 Å². The fraction of sp³-hybridized carbons (Fsp3) is 0.739. The lowest BCUT2D eigenvalue weighted by Gasteiger charge is -2.58. The van der Waals surface area contributed by atoms with Crippen LogP contribution in [0, 0.1) is 17.3 Å². The molecule has 0 amide bonds. The van der Waals surface area contributed by atoms with Crippen molar-refractivity contribution in [1.82, 2.24) is 0 Å². The van der Waals surface area contributed by atoms with Gasteiger partial charge in [0.1, 0.15) is 0 Å². The summed E-state index contributed by atoms with van der Waals surface area (Å²) in [6.45, 7) is 10.2. The molecule has 1 aliphatic heterocycles. The van der Waals surface area contributed by atoms with Gasteiger partial charge in [-0.2, -0.15) is 0 Å². The topological polar surface area (TPSA) is 38.7 Å². The SMILES string of the molecule is CC1CCC2C(C)(CCC(C(OCCCO)c3ccccc3)C2(C)C)O1. The molecule has 5 atom stereocenters. The second-order valence-corrected chi connectivity index (χ2v) is 9.12. The van der Waals surface area contributed by atoms with E-state index < -0.39 is 0 Å². The van der Waals surface area contributed by atoms with E-state index in [1.54, 1.807) is 0 Å². The Morgan fingerprint density at radius 1 is 1.15 bits per heavy atom. The van der Waals surface area contributed by atoms with Crippen LogP contribution in [0.2, 0.25) is 0 Å². The van der Waals surface area contributed by atoms with E-state index in [0.29, 0.717) is 31.0 Å². The van der Waals surface area contributed by atoms with Crippen LogP contribution in [0.5, 0.6) is 0 Å². The molecule has 146 valence electrons. The van der Waals surface area contributed by atoms with Gasteiger partial charge in [-0.05, 0) is 68.8 Å². The highest BCUT2D eigenvalue weighted by atomic mass is 16.5. The highest BCUT2D eigenvalue weighted by Crippen LogP contribution is 2.58. The molecular weight excluding hydrogens is 324 g/mol. The van der Waals surface area contributed by atoms with Crippen LogP contribution in [0.3, 0.4) is 0 Å². The van der Waals surface area contributed by atoms with Crippen molar-refractivity contribution < 1.29 is 14.6 Å². The maximum atomic E-state index is 9.18. The summed E-state index contributed by atoms with van der Waals surface area (Å²) in [6.07, 6.45) is 5.75. The number of aliphatic hydroxyl groups excluding tert-OH is 1. The lowest BCUT2D eigenvalue weighted by Crippen LogP contribution is -2.57. The third-order valence-corrected chi connectivity index (χ3v) is 6.97. The van der Waals surface area contributed by atoms with E-state index >= 15 is 0 Å². The quantitative estimate of drug-likeness (QED) is 0.714. The largest absolute Gasteiger partial charge is 0.396 e. The Hall–Kier alpha value is -0.900. The fourth-order valence-electron chi connectivity index (χ4n) is 5.68. The summed E-state index contributed by atoms with van der Waals surface area (Å²) < 4.78 is 12.8. The van der Waals surface area contributed by atoms with Gasteiger partial charge in [0.05, 0.1) is 17.8 Å². The molecule has 1 N–H and O–H groups in total. The van der Waals surface area contributed by atoms with Crippen LogP contribution in [0.4, 0.5) is 0 Å². The Kier molecular flexibility index (Phi) is 6.11. The highest BCUT2D eigenvalue weighted by Gasteiger charge is 2.55. The molecular formula is C23H36O3. The standard InChI is InChI=1S/C23H36O3/c1-17-11-12-20-22(2,3)19(13-14-23(20,4)26-17)21(25-16-8-15-24)18-9-6-5-7-10-18/h5-7,9-10,17,19-21,24H,8,11-16H2,1-4H3. The first-order valence-electron chi connectivity index (χ1n) is 10.3. The molecule has 2 fully saturated rings. The van der Waals surface area contributed by atoms with Crippen molar-refractivity contribution >= 4 is 0 Å². The molecule has 1 aliphatic carbocycles. The fourth-order valence-corrected chi connectivity index (χ4v) is 5.68. The Morgan fingerprint density at radius 2 is 1.88 bits per heavy atom. The zero-order valence-corrected chi connectivity index (χ0v) is 16.9. The first-order valence-corrected chi connectivity index (χ1v) is 10.3. The van der Waals surface area contributed by atoms with Crippen molar-refractivity contribution in [2.45, 2.75) is 77.6 Å². The number of hydrogen-bond donors (Lipinski definition) is 1. The molecule has 3 heteroatoms. The highest BCUT2D eigenvalue weighted by molar-refractivity contribution is 5.20. The number of fused-ring (bicyclic) bond motifs is 1. The second kappa shape index (κ2) is 8.00. The monoisotopic (exact) mass is 360 g/mol. The van der Waals surface area contributed by atoms with Crippen LogP contribution in [0.25, 0.3) is 0 Å². The average Bonchev–Trinajstić information content (AvgIpc) is 2.60. The molecule has 3 nitrogen and oxygen atoms in total. The van der Waals surface area contributed by atoms with E-state index in [1.165, 1.54) is 12.0 Å². The molecule has 2 aliphatic rings. The van der Waals surface area contributed by atoms with Crippen LogP contribution >= 0.6 is 0 Å². The number of benzene rings is 1. The predicted molar refractivity (Wildman–Crippen MR) is 105 cm³/mol. The van der Waals surface area contributed by atoms with Gasteiger partial charge < -0.3 is 14.6 Å². The molecule has 0 aromatic heterocycles. The minimum atomic E-state index is -0.00992.